The van der Waals surface area contributed by atoms with Crippen LogP contribution in [0.2, 0.25) is 5.02 Å². The molecule has 98 valence electrons. The first-order valence-corrected chi connectivity index (χ1v) is 4.92. The second kappa shape index (κ2) is 6.33. The van der Waals surface area contributed by atoms with E-state index in [0.29, 0.717) is 10.6 Å². The van der Waals surface area contributed by atoms with Crippen LogP contribution in [0.4, 0.5) is 13.2 Å². The van der Waals surface area contributed by atoms with Crippen LogP contribution in [0, 0.1) is 0 Å². The summed E-state index contributed by atoms with van der Waals surface area (Å²) in [5.41, 5.74) is 6.27. The predicted octanol–water partition coefficient (Wildman–Crippen LogP) is 3.72. The number of rotatable bonds is 3. The van der Waals surface area contributed by atoms with Gasteiger partial charge in [-0.05, 0) is 24.6 Å². The molecule has 1 rings (SSSR count). The third-order valence-corrected chi connectivity index (χ3v) is 2.19. The van der Waals surface area contributed by atoms with E-state index in [4.69, 9.17) is 17.3 Å². The molecule has 0 radical (unpaired) electrons. The fourth-order valence-corrected chi connectivity index (χ4v) is 1.47. The van der Waals surface area contributed by atoms with E-state index in [2.05, 4.69) is 4.74 Å². The lowest BCUT2D eigenvalue weighted by molar-refractivity contribution is -0.153. The second-order valence-electron chi connectivity index (χ2n) is 3.38. The fourth-order valence-electron chi connectivity index (χ4n) is 1.13. The molecule has 0 aliphatic heterocycles. The van der Waals surface area contributed by atoms with Crippen LogP contribution < -0.4 is 10.5 Å². The number of alkyl halides is 3. The molecule has 0 aliphatic carbocycles. The highest BCUT2D eigenvalue weighted by atomic mass is 35.5. The van der Waals surface area contributed by atoms with Crippen molar-refractivity contribution in [3.8, 4) is 5.75 Å². The number of nitrogens with two attached hydrogens (primary N) is 1. The van der Waals surface area contributed by atoms with Crippen molar-refractivity contribution in [1.29, 1.82) is 0 Å². The van der Waals surface area contributed by atoms with Gasteiger partial charge in [0.15, 0.2) is 6.61 Å². The SMILES string of the molecule is CC(N)c1ccc(OCC(F)(F)F)cc1Cl.Cl. The number of halogens is 5. The summed E-state index contributed by atoms with van der Waals surface area (Å²) in [5, 5.41) is 0.301. The molecule has 0 saturated heterocycles. The molecular weight excluding hydrogens is 278 g/mol. The molecule has 17 heavy (non-hydrogen) atoms. The summed E-state index contributed by atoms with van der Waals surface area (Å²) in [6.07, 6.45) is -4.35. The number of ether oxygens (including phenoxy) is 1. The van der Waals surface area contributed by atoms with Gasteiger partial charge in [-0.2, -0.15) is 13.2 Å². The minimum atomic E-state index is -4.35. The van der Waals surface area contributed by atoms with Crippen LogP contribution in [-0.4, -0.2) is 12.8 Å². The average molecular weight is 290 g/mol. The molecule has 1 aromatic carbocycles. The van der Waals surface area contributed by atoms with E-state index < -0.39 is 12.8 Å². The lowest BCUT2D eigenvalue weighted by Gasteiger charge is -2.12. The molecular formula is C10H12Cl2F3NO. The Balaban J connectivity index is 0.00000256. The molecule has 0 saturated carbocycles. The number of hydrogen-bond acceptors (Lipinski definition) is 2. The third kappa shape index (κ3) is 5.48. The maximum Gasteiger partial charge on any atom is 0.422 e. The van der Waals surface area contributed by atoms with Gasteiger partial charge in [-0.25, -0.2) is 0 Å². The summed E-state index contributed by atoms with van der Waals surface area (Å²) < 4.78 is 40.1. The highest BCUT2D eigenvalue weighted by Gasteiger charge is 2.28. The molecule has 0 spiro atoms. The molecule has 2 nitrogen and oxygen atoms in total. The third-order valence-electron chi connectivity index (χ3n) is 1.86. The Morgan fingerprint density at radius 3 is 2.41 bits per heavy atom. The zero-order valence-electron chi connectivity index (χ0n) is 8.92. The zero-order valence-corrected chi connectivity index (χ0v) is 10.5. The molecule has 1 aromatic rings. The topological polar surface area (TPSA) is 35.2 Å². The van der Waals surface area contributed by atoms with Gasteiger partial charge in [-0.1, -0.05) is 17.7 Å². The maximum atomic E-state index is 11.9. The monoisotopic (exact) mass is 289 g/mol. The average Bonchev–Trinajstić information content (AvgIpc) is 2.13. The molecule has 0 amide bonds. The normalized spacial score (nSPS) is 12.8. The van der Waals surface area contributed by atoms with Gasteiger partial charge in [-0.3, -0.25) is 0 Å². The van der Waals surface area contributed by atoms with Crippen molar-refractivity contribution in [1.82, 2.24) is 0 Å². The van der Waals surface area contributed by atoms with Crippen LogP contribution in [0.5, 0.6) is 5.75 Å². The molecule has 1 unspecified atom stereocenters. The summed E-state index contributed by atoms with van der Waals surface area (Å²) in [4.78, 5) is 0. The molecule has 2 N–H and O–H groups in total. The first-order valence-electron chi connectivity index (χ1n) is 4.54. The Kier molecular flexibility index (Phi) is 6.09. The first-order chi connectivity index (χ1) is 7.29. The summed E-state index contributed by atoms with van der Waals surface area (Å²) in [5.74, 6) is 0.0757. The van der Waals surface area contributed by atoms with E-state index in [9.17, 15) is 13.2 Å². The van der Waals surface area contributed by atoms with E-state index in [1.165, 1.54) is 12.1 Å². The van der Waals surface area contributed by atoms with Crippen LogP contribution in [-0.2, 0) is 0 Å². The standard InChI is InChI=1S/C10H11ClF3NO.ClH/c1-6(15)8-3-2-7(4-9(8)11)16-5-10(12,13)14;/h2-4,6H,5,15H2,1H3;1H. The van der Waals surface area contributed by atoms with Crippen molar-refractivity contribution in [2.75, 3.05) is 6.61 Å². The van der Waals surface area contributed by atoms with E-state index in [0.717, 1.165) is 0 Å². The van der Waals surface area contributed by atoms with Crippen LogP contribution in [0.1, 0.15) is 18.5 Å². The minimum absolute atomic E-state index is 0. The van der Waals surface area contributed by atoms with Gasteiger partial charge in [0.25, 0.3) is 0 Å². The summed E-state index contributed by atoms with van der Waals surface area (Å²) in [6.45, 7) is 0.401. The Hall–Kier alpha value is -0.650. The van der Waals surface area contributed by atoms with E-state index in [-0.39, 0.29) is 24.2 Å². The Bertz CT molecular complexity index is 369. The Morgan fingerprint density at radius 2 is 2.00 bits per heavy atom. The number of hydrogen-bond donors (Lipinski definition) is 1. The molecule has 0 heterocycles. The van der Waals surface area contributed by atoms with Gasteiger partial charge < -0.3 is 10.5 Å². The zero-order chi connectivity index (χ0) is 12.3. The van der Waals surface area contributed by atoms with Crippen LogP contribution in [0.15, 0.2) is 18.2 Å². The van der Waals surface area contributed by atoms with Crippen molar-refractivity contribution < 1.29 is 17.9 Å². The predicted molar refractivity (Wildman–Crippen MR) is 62.9 cm³/mol. The molecule has 0 aromatic heterocycles. The number of benzene rings is 1. The molecule has 0 aliphatic rings. The smallest absolute Gasteiger partial charge is 0.422 e. The molecule has 7 heteroatoms. The van der Waals surface area contributed by atoms with Crippen LogP contribution in [0.25, 0.3) is 0 Å². The first kappa shape index (κ1) is 16.4. The maximum absolute atomic E-state index is 11.9. The minimum Gasteiger partial charge on any atom is -0.484 e. The fraction of sp³-hybridized carbons (Fsp3) is 0.400. The van der Waals surface area contributed by atoms with Gasteiger partial charge in [0.1, 0.15) is 5.75 Å². The van der Waals surface area contributed by atoms with E-state index >= 15 is 0 Å². The lowest BCUT2D eigenvalue weighted by atomic mass is 10.1. The van der Waals surface area contributed by atoms with Crippen molar-refractivity contribution in [3.63, 3.8) is 0 Å². The second-order valence-corrected chi connectivity index (χ2v) is 3.78. The van der Waals surface area contributed by atoms with Gasteiger partial charge in [0, 0.05) is 11.1 Å². The molecule has 1 atom stereocenters. The molecule has 0 bridgehead atoms. The summed E-state index contributed by atoms with van der Waals surface area (Å²) in [7, 11) is 0. The van der Waals surface area contributed by atoms with Crippen molar-refractivity contribution in [2.24, 2.45) is 5.73 Å². The van der Waals surface area contributed by atoms with Crippen molar-refractivity contribution in [3.05, 3.63) is 28.8 Å². The Labute approximate surface area is 108 Å². The van der Waals surface area contributed by atoms with Gasteiger partial charge in [0.2, 0.25) is 0 Å². The van der Waals surface area contributed by atoms with Crippen molar-refractivity contribution >= 4 is 24.0 Å². The summed E-state index contributed by atoms with van der Waals surface area (Å²) in [6, 6.07) is 4.02. The highest BCUT2D eigenvalue weighted by molar-refractivity contribution is 6.31. The highest BCUT2D eigenvalue weighted by Crippen LogP contribution is 2.27. The largest absolute Gasteiger partial charge is 0.484 e. The summed E-state index contributed by atoms with van der Waals surface area (Å²) >= 11 is 5.83. The van der Waals surface area contributed by atoms with Gasteiger partial charge >= 0.3 is 6.18 Å². The van der Waals surface area contributed by atoms with E-state index in [1.54, 1.807) is 13.0 Å². The lowest BCUT2D eigenvalue weighted by Crippen LogP contribution is -2.19. The molecule has 0 fully saturated rings. The van der Waals surface area contributed by atoms with Crippen LogP contribution in [0.3, 0.4) is 0 Å². The van der Waals surface area contributed by atoms with Crippen LogP contribution >= 0.6 is 24.0 Å². The van der Waals surface area contributed by atoms with Gasteiger partial charge in [0.05, 0.1) is 0 Å². The van der Waals surface area contributed by atoms with E-state index in [1.807, 2.05) is 0 Å². The van der Waals surface area contributed by atoms with Crippen molar-refractivity contribution in [2.45, 2.75) is 19.1 Å². The quantitative estimate of drug-likeness (QED) is 0.920. The Morgan fingerprint density at radius 1 is 1.41 bits per heavy atom. The van der Waals surface area contributed by atoms with Gasteiger partial charge in [-0.15, -0.1) is 12.4 Å².